The molecule has 3 aromatic rings. The molecule has 1 saturated carbocycles. The first-order chi connectivity index (χ1) is 16.0. The molecule has 0 bridgehead atoms. The quantitative estimate of drug-likeness (QED) is 0.386. The lowest BCUT2D eigenvalue weighted by Crippen LogP contribution is -2.34. The molecule has 0 saturated heterocycles. The minimum atomic E-state index is -3.59. The van der Waals surface area contributed by atoms with Crippen LogP contribution in [-0.4, -0.2) is 12.7 Å². The molecule has 3 nitrogen and oxygen atoms in total. The number of aryl methyl sites for hydroxylation is 2. The SMILES string of the molecule is CCCCc1c2c(cc3ccccc13)CN(S(=O)(=O)c1ccc(C)cc1)[C@@H]2C1CCCCC1. The van der Waals surface area contributed by atoms with Gasteiger partial charge in [0, 0.05) is 6.54 Å². The molecule has 4 heteroatoms. The van der Waals surface area contributed by atoms with Crippen molar-refractivity contribution in [3.63, 3.8) is 0 Å². The van der Waals surface area contributed by atoms with E-state index in [4.69, 9.17) is 0 Å². The van der Waals surface area contributed by atoms with Crippen LogP contribution >= 0.6 is 0 Å². The number of hydrogen-bond donors (Lipinski definition) is 0. The van der Waals surface area contributed by atoms with Crippen LogP contribution in [0.4, 0.5) is 0 Å². The van der Waals surface area contributed by atoms with Crippen LogP contribution in [0.25, 0.3) is 10.8 Å². The highest BCUT2D eigenvalue weighted by atomic mass is 32.2. The number of hydrogen-bond acceptors (Lipinski definition) is 2. The Labute approximate surface area is 198 Å². The van der Waals surface area contributed by atoms with Crippen LogP contribution in [0, 0.1) is 12.8 Å². The van der Waals surface area contributed by atoms with E-state index in [9.17, 15) is 8.42 Å². The third-order valence-electron chi connectivity index (χ3n) is 7.72. The Bertz CT molecular complexity index is 1240. The lowest BCUT2D eigenvalue weighted by molar-refractivity contribution is 0.207. The van der Waals surface area contributed by atoms with E-state index in [1.54, 1.807) is 12.1 Å². The highest BCUT2D eigenvalue weighted by molar-refractivity contribution is 7.89. The third-order valence-corrected chi connectivity index (χ3v) is 9.56. The molecule has 1 fully saturated rings. The summed E-state index contributed by atoms with van der Waals surface area (Å²) in [6, 6.07) is 18.2. The Morgan fingerprint density at radius 1 is 0.970 bits per heavy atom. The van der Waals surface area contributed by atoms with Crippen LogP contribution in [0.15, 0.2) is 59.5 Å². The minimum absolute atomic E-state index is 0.0527. The highest BCUT2D eigenvalue weighted by Gasteiger charge is 2.44. The molecule has 2 aliphatic rings. The van der Waals surface area contributed by atoms with Gasteiger partial charge in [-0.2, -0.15) is 4.31 Å². The van der Waals surface area contributed by atoms with Gasteiger partial charge in [0.2, 0.25) is 10.0 Å². The summed E-state index contributed by atoms with van der Waals surface area (Å²) >= 11 is 0. The van der Waals surface area contributed by atoms with Crippen LogP contribution in [-0.2, 0) is 23.0 Å². The normalized spacial score (nSPS) is 19.8. The lowest BCUT2D eigenvalue weighted by atomic mass is 9.79. The second-order valence-electron chi connectivity index (χ2n) is 9.96. The molecular formula is C29H35NO2S. The maximum atomic E-state index is 14.0. The van der Waals surface area contributed by atoms with E-state index in [2.05, 4.69) is 37.3 Å². The van der Waals surface area contributed by atoms with Crippen molar-refractivity contribution in [1.29, 1.82) is 0 Å². The van der Waals surface area contributed by atoms with Crippen LogP contribution in [0.2, 0.25) is 0 Å². The van der Waals surface area contributed by atoms with Gasteiger partial charge in [0.25, 0.3) is 0 Å². The van der Waals surface area contributed by atoms with Gasteiger partial charge in [-0.25, -0.2) is 8.42 Å². The Morgan fingerprint density at radius 2 is 1.70 bits per heavy atom. The van der Waals surface area contributed by atoms with Crippen LogP contribution in [0.1, 0.15) is 80.2 Å². The average Bonchev–Trinajstić information content (AvgIpc) is 3.23. The molecule has 0 N–H and O–H groups in total. The van der Waals surface area contributed by atoms with E-state index >= 15 is 0 Å². The number of sulfonamides is 1. The molecule has 0 amide bonds. The summed E-state index contributed by atoms with van der Waals surface area (Å²) in [5, 5.41) is 2.54. The van der Waals surface area contributed by atoms with E-state index in [-0.39, 0.29) is 6.04 Å². The van der Waals surface area contributed by atoms with Crippen LogP contribution in [0.5, 0.6) is 0 Å². The second kappa shape index (κ2) is 9.23. The second-order valence-corrected chi connectivity index (χ2v) is 11.8. The molecule has 1 atom stereocenters. The molecule has 0 radical (unpaired) electrons. The van der Waals surface area contributed by atoms with E-state index in [1.807, 2.05) is 23.4 Å². The van der Waals surface area contributed by atoms with Gasteiger partial charge < -0.3 is 0 Å². The van der Waals surface area contributed by atoms with Crippen molar-refractivity contribution >= 4 is 20.8 Å². The molecule has 33 heavy (non-hydrogen) atoms. The molecule has 5 rings (SSSR count). The molecule has 0 unspecified atom stereocenters. The summed E-state index contributed by atoms with van der Waals surface area (Å²) in [6.07, 6.45) is 9.18. The topological polar surface area (TPSA) is 37.4 Å². The molecular weight excluding hydrogens is 426 g/mol. The van der Waals surface area contributed by atoms with Crippen molar-refractivity contribution in [2.24, 2.45) is 5.92 Å². The smallest absolute Gasteiger partial charge is 0.207 e. The summed E-state index contributed by atoms with van der Waals surface area (Å²) in [7, 11) is -3.59. The molecule has 1 aliphatic heterocycles. The molecule has 1 heterocycles. The molecule has 1 aliphatic carbocycles. The molecule has 0 aromatic heterocycles. The first-order valence-electron chi connectivity index (χ1n) is 12.6. The number of rotatable bonds is 6. The zero-order chi connectivity index (χ0) is 23.0. The van der Waals surface area contributed by atoms with Crippen LogP contribution in [0.3, 0.4) is 0 Å². The van der Waals surface area contributed by atoms with Crippen molar-refractivity contribution in [1.82, 2.24) is 4.31 Å². The fraction of sp³-hybridized carbons (Fsp3) is 0.448. The zero-order valence-corrected chi connectivity index (χ0v) is 20.7. The fourth-order valence-electron chi connectivity index (χ4n) is 6.04. The zero-order valence-electron chi connectivity index (χ0n) is 19.9. The maximum Gasteiger partial charge on any atom is 0.243 e. The van der Waals surface area contributed by atoms with E-state index in [0.717, 1.165) is 37.7 Å². The summed E-state index contributed by atoms with van der Waals surface area (Å²) in [4.78, 5) is 0.418. The average molecular weight is 462 g/mol. The van der Waals surface area contributed by atoms with Gasteiger partial charge in [-0.15, -0.1) is 0 Å². The van der Waals surface area contributed by atoms with Gasteiger partial charge in [0.1, 0.15) is 0 Å². The van der Waals surface area contributed by atoms with Crippen molar-refractivity contribution < 1.29 is 8.42 Å². The Morgan fingerprint density at radius 3 is 2.42 bits per heavy atom. The molecule has 3 aromatic carbocycles. The highest BCUT2D eigenvalue weighted by Crippen LogP contribution is 2.49. The van der Waals surface area contributed by atoms with Crippen molar-refractivity contribution in [2.75, 3.05) is 0 Å². The van der Waals surface area contributed by atoms with Gasteiger partial charge in [-0.05, 0) is 84.2 Å². The van der Waals surface area contributed by atoms with Gasteiger partial charge in [0.05, 0.1) is 10.9 Å². The Balaban J connectivity index is 1.69. The van der Waals surface area contributed by atoms with Gasteiger partial charge in [-0.3, -0.25) is 0 Å². The van der Waals surface area contributed by atoms with Crippen LogP contribution < -0.4 is 0 Å². The largest absolute Gasteiger partial charge is 0.243 e. The lowest BCUT2D eigenvalue weighted by Gasteiger charge is -2.35. The van der Waals surface area contributed by atoms with E-state index < -0.39 is 10.0 Å². The summed E-state index contributed by atoms with van der Waals surface area (Å²) < 4.78 is 29.9. The predicted molar refractivity (Wildman–Crippen MR) is 136 cm³/mol. The van der Waals surface area contributed by atoms with Crippen molar-refractivity contribution in [3.8, 4) is 0 Å². The molecule has 0 spiro atoms. The molecule has 174 valence electrons. The summed E-state index contributed by atoms with van der Waals surface area (Å²) in [5.74, 6) is 0.391. The first-order valence-corrected chi connectivity index (χ1v) is 14.1. The number of benzene rings is 3. The monoisotopic (exact) mass is 461 g/mol. The standard InChI is InChI=1S/C29H35NO2S/c1-3-4-13-27-26-14-9-8-12-23(26)19-24-20-30(29(28(24)27)22-10-6-5-7-11-22)33(31,32)25-17-15-21(2)16-18-25/h8-9,12,14-19,22,29H,3-7,10-11,13,20H2,1-2H3/t29-/m1/s1. The predicted octanol–water partition coefficient (Wildman–Crippen LogP) is 7.32. The minimum Gasteiger partial charge on any atom is -0.207 e. The van der Waals surface area contributed by atoms with Crippen molar-refractivity contribution in [3.05, 3.63) is 76.9 Å². The number of nitrogens with zero attached hydrogens (tertiary/aromatic N) is 1. The van der Waals surface area contributed by atoms with Gasteiger partial charge in [-0.1, -0.05) is 74.6 Å². The van der Waals surface area contributed by atoms with E-state index in [1.165, 1.54) is 46.7 Å². The summed E-state index contributed by atoms with van der Waals surface area (Å²) in [5.41, 5.74) is 5.01. The summed E-state index contributed by atoms with van der Waals surface area (Å²) in [6.45, 7) is 4.72. The third kappa shape index (κ3) is 4.13. The number of fused-ring (bicyclic) bond motifs is 2. The maximum absolute atomic E-state index is 14.0. The fourth-order valence-corrected chi connectivity index (χ4v) is 7.67. The van der Waals surface area contributed by atoms with Gasteiger partial charge in [0.15, 0.2) is 0 Å². The first kappa shape index (κ1) is 22.6. The Hall–Kier alpha value is -2.17. The number of unbranched alkanes of at least 4 members (excludes halogenated alkanes) is 1. The van der Waals surface area contributed by atoms with Gasteiger partial charge >= 0.3 is 0 Å². The van der Waals surface area contributed by atoms with Crippen molar-refractivity contribution in [2.45, 2.75) is 82.7 Å². The van der Waals surface area contributed by atoms with E-state index in [0.29, 0.717) is 17.4 Å². The Kier molecular flexibility index (Phi) is 6.32.